The van der Waals surface area contributed by atoms with Crippen LogP contribution >= 0.6 is 0 Å². The van der Waals surface area contributed by atoms with Crippen molar-refractivity contribution in [3.05, 3.63) is 81.8 Å². The average Bonchev–Trinajstić information content (AvgIpc) is 3.37. The summed E-state index contributed by atoms with van der Waals surface area (Å²) in [4.78, 5) is 52.6. The summed E-state index contributed by atoms with van der Waals surface area (Å²) in [6.45, 7) is 0.275. The number of likely N-dealkylation sites (tertiary alicyclic amines) is 1. The number of amides is 3. The molecular formula is C29H30N4O8. The number of carbonyl (C=O) groups is 3. The summed E-state index contributed by atoms with van der Waals surface area (Å²) in [7, 11) is 4.54. The van der Waals surface area contributed by atoms with Crippen molar-refractivity contribution in [2.24, 2.45) is 7.05 Å². The third-order valence-electron chi connectivity index (χ3n) is 6.98. The Morgan fingerprint density at radius 1 is 0.951 bits per heavy atom. The zero-order valence-corrected chi connectivity index (χ0v) is 22.8. The highest BCUT2D eigenvalue weighted by Gasteiger charge is 2.39. The Hall–Kier alpha value is -5.00. The van der Waals surface area contributed by atoms with Gasteiger partial charge in [0.15, 0.2) is 29.6 Å². The van der Waals surface area contributed by atoms with Crippen molar-refractivity contribution in [3.63, 3.8) is 0 Å². The molecule has 0 unspecified atom stereocenters. The van der Waals surface area contributed by atoms with Gasteiger partial charge in [0.05, 0.1) is 32.4 Å². The minimum atomic E-state index is -0.625. The molecule has 1 fully saturated rings. The quantitative estimate of drug-likeness (QED) is 0.485. The molecule has 12 nitrogen and oxygen atoms in total. The predicted octanol–water partition coefficient (Wildman–Crippen LogP) is 1.11. The van der Waals surface area contributed by atoms with Crippen LogP contribution in [0.2, 0.25) is 0 Å². The number of methoxy groups -OCH3 is 2. The van der Waals surface area contributed by atoms with Gasteiger partial charge in [-0.25, -0.2) is 0 Å². The SMILES string of the molecule is COc1ccc2cc1OCC(=O)NCc1ccc(c(OC)c1)O[C@H]1CN(C(=O)c3ccc(=O)n(C)c3)C[C@@H]1NC2=O. The Morgan fingerprint density at radius 2 is 1.76 bits per heavy atom. The first-order valence-electron chi connectivity index (χ1n) is 12.9. The zero-order chi connectivity index (χ0) is 29.1. The van der Waals surface area contributed by atoms with Crippen LogP contribution in [0.25, 0.3) is 0 Å². The molecule has 0 aliphatic carbocycles. The second-order valence-electron chi connectivity index (χ2n) is 9.73. The third-order valence-corrected chi connectivity index (χ3v) is 6.98. The number of ether oxygens (including phenoxy) is 4. The third kappa shape index (κ3) is 5.96. The predicted molar refractivity (Wildman–Crippen MR) is 147 cm³/mol. The summed E-state index contributed by atoms with van der Waals surface area (Å²) in [6.07, 6.45) is 0.857. The Morgan fingerprint density at radius 3 is 2.51 bits per heavy atom. The lowest BCUT2D eigenvalue weighted by Gasteiger charge is -2.22. The van der Waals surface area contributed by atoms with E-state index in [0.717, 1.165) is 5.56 Å². The van der Waals surface area contributed by atoms with Gasteiger partial charge in [-0.3, -0.25) is 19.2 Å². The van der Waals surface area contributed by atoms with E-state index in [1.54, 1.807) is 42.3 Å². The summed E-state index contributed by atoms with van der Waals surface area (Å²) >= 11 is 0. The van der Waals surface area contributed by atoms with E-state index in [-0.39, 0.29) is 54.9 Å². The lowest BCUT2D eigenvalue weighted by atomic mass is 10.1. The molecule has 3 aliphatic heterocycles. The van der Waals surface area contributed by atoms with Crippen molar-refractivity contribution < 1.29 is 33.3 Å². The molecule has 3 aliphatic rings. The van der Waals surface area contributed by atoms with Crippen molar-refractivity contribution in [2.75, 3.05) is 33.9 Å². The number of rotatable bonds is 3. The number of benzene rings is 2. The van der Waals surface area contributed by atoms with Gasteiger partial charge in [0, 0.05) is 38.0 Å². The lowest BCUT2D eigenvalue weighted by molar-refractivity contribution is -0.123. The van der Waals surface area contributed by atoms with Crippen LogP contribution in [0, 0.1) is 0 Å². The molecule has 0 saturated carbocycles. The highest BCUT2D eigenvalue weighted by atomic mass is 16.5. The van der Waals surface area contributed by atoms with Gasteiger partial charge < -0.3 is 39.0 Å². The fourth-order valence-electron chi connectivity index (χ4n) is 4.76. The van der Waals surface area contributed by atoms with Crippen LogP contribution in [-0.2, 0) is 18.4 Å². The second kappa shape index (κ2) is 11.6. The highest BCUT2D eigenvalue weighted by molar-refractivity contribution is 5.96. The summed E-state index contributed by atoms with van der Waals surface area (Å²) in [5, 5.41) is 5.78. The van der Waals surface area contributed by atoms with Crippen molar-refractivity contribution in [2.45, 2.75) is 18.7 Å². The first-order chi connectivity index (χ1) is 19.7. The molecular weight excluding hydrogens is 532 g/mol. The normalized spacial score (nSPS) is 18.8. The monoisotopic (exact) mass is 562 g/mol. The van der Waals surface area contributed by atoms with Crippen molar-refractivity contribution in [1.29, 1.82) is 0 Å². The molecule has 1 saturated heterocycles. The van der Waals surface area contributed by atoms with Gasteiger partial charge in [0.2, 0.25) is 5.56 Å². The zero-order valence-electron chi connectivity index (χ0n) is 22.8. The number of fused-ring (bicyclic) bond motifs is 7. The smallest absolute Gasteiger partial charge is 0.258 e. The Balaban J connectivity index is 1.49. The molecule has 4 heterocycles. The number of hydrogen-bond donors (Lipinski definition) is 2. The van der Waals surface area contributed by atoms with E-state index in [1.165, 1.54) is 43.2 Å². The van der Waals surface area contributed by atoms with Crippen LogP contribution < -0.4 is 35.1 Å². The number of hydrogen-bond acceptors (Lipinski definition) is 8. The summed E-state index contributed by atoms with van der Waals surface area (Å²) in [6, 6.07) is 12.1. The van der Waals surface area contributed by atoms with Gasteiger partial charge in [-0.1, -0.05) is 6.07 Å². The maximum Gasteiger partial charge on any atom is 0.258 e. The molecule has 0 radical (unpaired) electrons. The summed E-state index contributed by atoms with van der Waals surface area (Å²) in [5.74, 6) is 0.363. The first kappa shape index (κ1) is 27.6. The van der Waals surface area contributed by atoms with E-state index in [1.807, 2.05) is 0 Å². The van der Waals surface area contributed by atoms with E-state index in [2.05, 4.69) is 10.6 Å². The standard InChI is InChI=1S/C29H30N4O8/c1-32-13-19(6-9-27(32)35)29(37)33-14-20-25(15-33)41-22-7-4-17(10-23(22)39-3)12-30-26(34)16-40-24-11-18(28(36)31-20)5-8-21(24)38-2/h4-11,13,20,25H,12,14-16H2,1-3H3,(H,30,34)(H,31,36)/t20-,25-/m0/s1. The van der Waals surface area contributed by atoms with Gasteiger partial charge in [-0.05, 0) is 42.0 Å². The first-order valence-corrected chi connectivity index (χ1v) is 12.9. The molecule has 2 aromatic carbocycles. The topological polar surface area (TPSA) is 137 Å². The van der Waals surface area contributed by atoms with Crippen LogP contribution in [0.3, 0.4) is 0 Å². The number of aryl methyl sites for hydroxylation is 1. The second-order valence-corrected chi connectivity index (χ2v) is 9.73. The van der Waals surface area contributed by atoms with E-state index in [9.17, 15) is 19.2 Å². The van der Waals surface area contributed by atoms with Crippen molar-refractivity contribution in [3.8, 4) is 23.0 Å². The minimum absolute atomic E-state index is 0.163. The molecule has 2 N–H and O–H groups in total. The molecule has 0 spiro atoms. The number of pyridine rings is 1. The molecule has 6 rings (SSSR count). The Labute approximate surface area is 235 Å². The number of nitrogens with zero attached hydrogens (tertiary/aromatic N) is 2. The van der Waals surface area contributed by atoms with E-state index in [4.69, 9.17) is 18.9 Å². The fourth-order valence-corrected chi connectivity index (χ4v) is 4.76. The highest BCUT2D eigenvalue weighted by Crippen LogP contribution is 2.32. The molecule has 3 amide bonds. The largest absolute Gasteiger partial charge is 0.493 e. The Kier molecular flexibility index (Phi) is 7.81. The van der Waals surface area contributed by atoms with Gasteiger partial charge in [-0.15, -0.1) is 0 Å². The molecule has 3 aromatic rings. The van der Waals surface area contributed by atoms with E-state index in [0.29, 0.717) is 22.8 Å². The Bertz CT molecular complexity index is 1550. The maximum absolute atomic E-state index is 13.4. The van der Waals surface area contributed by atoms with Gasteiger partial charge >= 0.3 is 0 Å². The molecule has 12 heteroatoms. The van der Waals surface area contributed by atoms with Crippen LogP contribution in [-0.4, -0.2) is 73.3 Å². The van der Waals surface area contributed by atoms with E-state index >= 15 is 0 Å². The minimum Gasteiger partial charge on any atom is -0.493 e. The van der Waals surface area contributed by atoms with Gasteiger partial charge in [0.25, 0.3) is 17.7 Å². The fraction of sp³-hybridized carbons (Fsp3) is 0.310. The number of carbonyl (C=O) groups excluding carboxylic acids is 3. The molecule has 4 bridgehead atoms. The number of aromatic nitrogens is 1. The molecule has 41 heavy (non-hydrogen) atoms. The van der Waals surface area contributed by atoms with Crippen molar-refractivity contribution >= 4 is 17.7 Å². The van der Waals surface area contributed by atoms with Crippen LogP contribution in [0.5, 0.6) is 23.0 Å². The summed E-state index contributed by atoms with van der Waals surface area (Å²) in [5.41, 5.74) is 1.16. The summed E-state index contributed by atoms with van der Waals surface area (Å²) < 4.78 is 24.2. The maximum atomic E-state index is 13.4. The van der Waals surface area contributed by atoms with Gasteiger partial charge in [0.1, 0.15) is 6.10 Å². The van der Waals surface area contributed by atoms with Crippen LogP contribution in [0.1, 0.15) is 26.3 Å². The van der Waals surface area contributed by atoms with E-state index < -0.39 is 18.1 Å². The van der Waals surface area contributed by atoms with Crippen LogP contribution in [0.15, 0.2) is 59.5 Å². The molecule has 214 valence electrons. The van der Waals surface area contributed by atoms with Gasteiger partial charge in [-0.2, -0.15) is 0 Å². The van der Waals surface area contributed by atoms with Crippen molar-refractivity contribution in [1.82, 2.24) is 20.1 Å². The lowest BCUT2D eigenvalue weighted by Crippen LogP contribution is -2.45. The molecule has 2 atom stereocenters. The average molecular weight is 563 g/mol. The van der Waals surface area contributed by atoms with Crippen LogP contribution in [0.4, 0.5) is 0 Å². The number of nitrogens with one attached hydrogen (secondary N) is 2. The molecule has 1 aromatic heterocycles.